The Labute approximate surface area is 151 Å². The summed E-state index contributed by atoms with van der Waals surface area (Å²) in [5, 5.41) is 0. The monoisotopic (exact) mass is 352 g/mol. The molecule has 0 aliphatic carbocycles. The Morgan fingerprint density at radius 3 is 2.96 bits per heavy atom. The number of aryl methyl sites for hydroxylation is 1. The number of nitrogens with zero attached hydrogens (tertiary/aromatic N) is 4. The lowest BCUT2D eigenvalue weighted by molar-refractivity contribution is 0.383. The van der Waals surface area contributed by atoms with Crippen LogP contribution in [0.4, 0.5) is 10.2 Å². The van der Waals surface area contributed by atoms with E-state index in [2.05, 4.69) is 19.9 Å². The van der Waals surface area contributed by atoms with Crippen LogP contribution in [0, 0.1) is 12.7 Å². The van der Waals surface area contributed by atoms with Gasteiger partial charge in [-0.15, -0.1) is 0 Å². The van der Waals surface area contributed by atoms with Gasteiger partial charge in [-0.2, -0.15) is 0 Å². The number of oxazole rings is 1. The highest BCUT2D eigenvalue weighted by molar-refractivity contribution is 5.39. The first-order valence-electron chi connectivity index (χ1n) is 8.90. The Hall–Kier alpha value is -2.76. The van der Waals surface area contributed by atoms with Gasteiger partial charge in [-0.25, -0.2) is 19.3 Å². The number of rotatable bonds is 4. The molecule has 1 aliphatic rings. The van der Waals surface area contributed by atoms with Crippen LogP contribution in [0.5, 0.6) is 0 Å². The highest BCUT2D eigenvalue weighted by Crippen LogP contribution is 2.29. The Morgan fingerprint density at radius 1 is 1.23 bits per heavy atom. The van der Waals surface area contributed by atoms with Gasteiger partial charge in [0.15, 0.2) is 5.89 Å². The molecule has 134 valence electrons. The molecule has 4 rings (SSSR count). The fourth-order valence-corrected chi connectivity index (χ4v) is 3.42. The highest BCUT2D eigenvalue weighted by Gasteiger charge is 2.26. The van der Waals surface area contributed by atoms with E-state index in [4.69, 9.17) is 4.42 Å². The quantitative estimate of drug-likeness (QED) is 0.713. The third kappa shape index (κ3) is 3.59. The first kappa shape index (κ1) is 16.7. The molecule has 1 atom stereocenters. The average Bonchev–Trinajstić information content (AvgIpc) is 3.12. The van der Waals surface area contributed by atoms with Crippen molar-refractivity contribution in [2.75, 3.05) is 18.0 Å². The van der Waals surface area contributed by atoms with Gasteiger partial charge in [0, 0.05) is 31.3 Å². The summed E-state index contributed by atoms with van der Waals surface area (Å²) in [6, 6.07) is 8.77. The largest absolute Gasteiger partial charge is 0.445 e. The van der Waals surface area contributed by atoms with Gasteiger partial charge in [-0.05, 0) is 31.4 Å². The van der Waals surface area contributed by atoms with Crippen molar-refractivity contribution in [3.63, 3.8) is 0 Å². The Morgan fingerprint density at radius 2 is 2.12 bits per heavy atom. The molecule has 0 N–H and O–H groups in total. The van der Waals surface area contributed by atoms with Crippen molar-refractivity contribution in [2.45, 2.75) is 32.1 Å². The van der Waals surface area contributed by atoms with Gasteiger partial charge in [0.25, 0.3) is 0 Å². The number of benzene rings is 1. The molecule has 5 nitrogen and oxygen atoms in total. The molecule has 6 heteroatoms. The van der Waals surface area contributed by atoms with E-state index in [1.54, 1.807) is 24.7 Å². The maximum Gasteiger partial charge on any atom is 0.199 e. The van der Waals surface area contributed by atoms with Crippen LogP contribution in [0.1, 0.15) is 41.7 Å². The van der Waals surface area contributed by atoms with Gasteiger partial charge in [0.05, 0.1) is 12.1 Å². The molecule has 3 aromatic rings. The maximum atomic E-state index is 13.8. The number of piperidine rings is 1. The third-order valence-corrected chi connectivity index (χ3v) is 4.78. The maximum absolute atomic E-state index is 13.8. The summed E-state index contributed by atoms with van der Waals surface area (Å²) < 4.78 is 19.8. The molecule has 1 saturated heterocycles. The fourth-order valence-electron chi connectivity index (χ4n) is 3.42. The van der Waals surface area contributed by atoms with Crippen molar-refractivity contribution in [3.8, 4) is 0 Å². The summed E-state index contributed by atoms with van der Waals surface area (Å²) in [5.41, 5.74) is 1.58. The van der Waals surface area contributed by atoms with Crippen LogP contribution >= 0.6 is 0 Å². The van der Waals surface area contributed by atoms with E-state index < -0.39 is 0 Å². The van der Waals surface area contributed by atoms with Gasteiger partial charge < -0.3 is 9.32 Å². The van der Waals surface area contributed by atoms with Gasteiger partial charge >= 0.3 is 0 Å². The highest BCUT2D eigenvalue weighted by atomic mass is 19.1. The summed E-state index contributed by atoms with van der Waals surface area (Å²) in [4.78, 5) is 15.3. The average molecular weight is 352 g/mol. The third-order valence-electron chi connectivity index (χ3n) is 4.78. The molecule has 0 unspecified atom stereocenters. The van der Waals surface area contributed by atoms with Crippen LogP contribution in [0.25, 0.3) is 0 Å². The summed E-state index contributed by atoms with van der Waals surface area (Å²) in [5.74, 6) is 2.37. The van der Waals surface area contributed by atoms with Gasteiger partial charge in [-0.3, -0.25) is 0 Å². The molecule has 0 amide bonds. The van der Waals surface area contributed by atoms with Crippen LogP contribution < -0.4 is 4.90 Å². The molecule has 0 spiro atoms. The van der Waals surface area contributed by atoms with Crippen molar-refractivity contribution in [1.29, 1.82) is 0 Å². The van der Waals surface area contributed by atoms with Crippen LogP contribution in [0.2, 0.25) is 0 Å². The minimum atomic E-state index is -0.214. The lowest BCUT2D eigenvalue weighted by Gasteiger charge is -2.32. The zero-order valence-electron chi connectivity index (χ0n) is 14.7. The zero-order valence-corrected chi connectivity index (χ0v) is 14.7. The molecular formula is C20H21FN4O. The van der Waals surface area contributed by atoms with Crippen molar-refractivity contribution < 1.29 is 8.81 Å². The fraction of sp³-hybridized carbons (Fsp3) is 0.350. The molecular weight excluding hydrogens is 331 g/mol. The normalized spacial score (nSPS) is 17.5. The molecule has 3 heterocycles. The van der Waals surface area contributed by atoms with Crippen molar-refractivity contribution in [2.24, 2.45) is 0 Å². The van der Waals surface area contributed by atoms with Crippen LogP contribution in [-0.4, -0.2) is 28.0 Å². The summed E-state index contributed by atoms with van der Waals surface area (Å²) in [7, 11) is 0. The number of hydrogen-bond donors (Lipinski definition) is 0. The van der Waals surface area contributed by atoms with Crippen LogP contribution in [0.3, 0.4) is 0 Å². The van der Waals surface area contributed by atoms with Crippen molar-refractivity contribution >= 4 is 5.82 Å². The van der Waals surface area contributed by atoms with E-state index in [-0.39, 0.29) is 11.7 Å². The summed E-state index contributed by atoms with van der Waals surface area (Å²) in [6.45, 7) is 3.75. The Balaban J connectivity index is 1.48. The predicted molar refractivity (Wildman–Crippen MR) is 96.7 cm³/mol. The SMILES string of the molecule is Cc1cc(N2CCC[C@H](c3ncc(Cc4ccccc4F)o3)C2)ncn1. The topological polar surface area (TPSA) is 55.1 Å². The molecule has 1 aliphatic heterocycles. The Bertz CT molecular complexity index is 895. The standard InChI is InChI=1S/C20H21FN4O/c1-14-9-19(24-13-23-14)25-8-4-6-16(12-25)20-22-11-17(26-20)10-15-5-2-3-7-18(15)21/h2-3,5,7,9,11,13,16H,4,6,8,10,12H2,1H3/t16-/m0/s1. The van der Waals surface area contributed by atoms with Crippen molar-refractivity contribution in [3.05, 3.63) is 71.6 Å². The van der Waals surface area contributed by atoms with Gasteiger partial charge in [0.2, 0.25) is 0 Å². The first-order chi connectivity index (χ1) is 12.7. The van der Waals surface area contributed by atoms with E-state index in [1.807, 2.05) is 19.1 Å². The number of anilines is 1. The van der Waals surface area contributed by atoms with Crippen LogP contribution in [-0.2, 0) is 6.42 Å². The number of aromatic nitrogens is 3. The second-order valence-corrected chi connectivity index (χ2v) is 6.74. The lowest BCUT2D eigenvalue weighted by Crippen LogP contribution is -2.35. The second-order valence-electron chi connectivity index (χ2n) is 6.74. The molecule has 2 aromatic heterocycles. The second kappa shape index (κ2) is 7.23. The smallest absolute Gasteiger partial charge is 0.199 e. The molecule has 26 heavy (non-hydrogen) atoms. The van der Waals surface area contributed by atoms with E-state index in [1.165, 1.54) is 6.07 Å². The molecule has 0 radical (unpaired) electrons. The summed E-state index contributed by atoms with van der Waals surface area (Å²) in [6.07, 6.45) is 5.82. The van der Waals surface area contributed by atoms with Gasteiger partial charge in [0.1, 0.15) is 23.7 Å². The Kier molecular flexibility index (Phi) is 4.65. The van der Waals surface area contributed by atoms with E-state index >= 15 is 0 Å². The molecule has 1 aromatic carbocycles. The van der Waals surface area contributed by atoms with Gasteiger partial charge in [-0.1, -0.05) is 18.2 Å². The number of halogens is 1. The number of hydrogen-bond acceptors (Lipinski definition) is 5. The molecule has 0 saturated carbocycles. The lowest BCUT2D eigenvalue weighted by atomic mass is 9.98. The minimum Gasteiger partial charge on any atom is -0.445 e. The molecule has 0 bridgehead atoms. The van der Waals surface area contributed by atoms with E-state index in [9.17, 15) is 4.39 Å². The van der Waals surface area contributed by atoms with Crippen LogP contribution in [0.15, 0.2) is 47.3 Å². The van der Waals surface area contributed by atoms with Crippen molar-refractivity contribution in [1.82, 2.24) is 15.0 Å². The van der Waals surface area contributed by atoms with E-state index in [0.717, 1.165) is 43.3 Å². The first-order valence-corrected chi connectivity index (χ1v) is 8.90. The molecule has 1 fully saturated rings. The predicted octanol–water partition coefficient (Wildman–Crippen LogP) is 3.89. The zero-order chi connectivity index (χ0) is 17.9. The van der Waals surface area contributed by atoms with E-state index in [0.29, 0.717) is 17.7 Å². The minimum absolute atomic E-state index is 0.214. The summed E-state index contributed by atoms with van der Waals surface area (Å²) >= 11 is 0.